The van der Waals surface area contributed by atoms with Gasteiger partial charge in [-0.25, -0.2) is 0 Å². The third kappa shape index (κ3) is 4.46. The fourth-order valence-corrected chi connectivity index (χ4v) is 3.66. The van der Waals surface area contributed by atoms with Crippen LogP contribution in [0, 0.1) is 17.3 Å². The first-order valence-corrected chi connectivity index (χ1v) is 8.43. The van der Waals surface area contributed by atoms with E-state index in [0.29, 0.717) is 11.5 Å². The molecule has 2 saturated carbocycles. The van der Waals surface area contributed by atoms with Crippen LogP contribution in [0.25, 0.3) is 0 Å². The topological polar surface area (TPSA) is 15.3 Å². The molecule has 112 valence electrons. The molecule has 0 saturated heterocycles. The van der Waals surface area contributed by atoms with Crippen LogP contribution in [0.5, 0.6) is 0 Å². The summed E-state index contributed by atoms with van der Waals surface area (Å²) in [5.41, 5.74) is 0.542. The predicted octanol–water partition coefficient (Wildman–Crippen LogP) is 3.52. The molecule has 19 heavy (non-hydrogen) atoms. The molecule has 2 aliphatic rings. The van der Waals surface area contributed by atoms with Gasteiger partial charge in [0.2, 0.25) is 0 Å². The molecule has 0 bridgehead atoms. The Labute approximate surface area is 120 Å². The van der Waals surface area contributed by atoms with E-state index < -0.39 is 0 Å². The smallest absolute Gasteiger partial charge is 0.00530 e. The third-order valence-corrected chi connectivity index (χ3v) is 5.35. The van der Waals surface area contributed by atoms with Crippen LogP contribution >= 0.6 is 0 Å². The van der Waals surface area contributed by atoms with E-state index in [0.717, 1.165) is 11.8 Å². The van der Waals surface area contributed by atoms with Gasteiger partial charge in [-0.15, -0.1) is 0 Å². The molecule has 0 amide bonds. The molecule has 0 aromatic carbocycles. The highest BCUT2D eigenvalue weighted by Gasteiger charge is 2.37. The molecule has 2 nitrogen and oxygen atoms in total. The lowest BCUT2D eigenvalue weighted by atomic mass is 9.70. The van der Waals surface area contributed by atoms with Crippen LogP contribution in [0.4, 0.5) is 0 Å². The molecule has 0 unspecified atom stereocenters. The Morgan fingerprint density at radius 1 is 1.16 bits per heavy atom. The quantitative estimate of drug-likeness (QED) is 0.758. The van der Waals surface area contributed by atoms with Gasteiger partial charge < -0.3 is 10.2 Å². The molecule has 0 spiro atoms. The normalized spacial score (nSPS) is 32.2. The van der Waals surface area contributed by atoms with Crippen molar-refractivity contribution in [3.63, 3.8) is 0 Å². The van der Waals surface area contributed by atoms with Crippen LogP contribution in [0.3, 0.4) is 0 Å². The summed E-state index contributed by atoms with van der Waals surface area (Å²) in [4.78, 5) is 2.77. The van der Waals surface area contributed by atoms with E-state index in [2.05, 4.69) is 38.0 Å². The fraction of sp³-hybridized carbons (Fsp3) is 1.00. The Morgan fingerprint density at radius 2 is 1.79 bits per heavy atom. The molecule has 0 heterocycles. The number of nitrogens with one attached hydrogen (secondary N) is 1. The summed E-state index contributed by atoms with van der Waals surface area (Å²) in [6.45, 7) is 11.0. The Kier molecular flexibility index (Phi) is 5.30. The van der Waals surface area contributed by atoms with Crippen LogP contribution < -0.4 is 5.32 Å². The zero-order valence-corrected chi connectivity index (χ0v) is 13.5. The lowest BCUT2D eigenvalue weighted by Gasteiger charge is -2.44. The minimum Gasteiger partial charge on any atom is -0.319 e. The minimum absolute atomic E-state index is 0.542. The Morgan fingerprint density at radius 3 is 2.26 bits per heavy atom. The van der Waals surface area contributed by atoms with E-state index in [1.165, 1.54) is 58.2 Å². The zero-order chi connectivity index (χ0) is 13.9. The van der Waals surface area contributed by atoms with Crippen molar-refractivity contribution in [1.29, 1.82) is 0 Å². The second-order valence-corrected chi connectivity index (χ2v) is 7.68. The van der Waals surface area contributed by atoms with E-state index in [4.69, 9.17) is 0 Å². The first kappa shape index (κ1) is 15.3. The average Bonchev–Trinajstić information content (AvgIpc) is 3.16. The van der Waals surface area contributed by atoms with E-state index >= 15 is 0 Å². The van der Waals surface area contributed by atoms with Gasteiger partial charge in [0.05, 0.1) is 0 Å². The molecule has 1 N–H and O–H groups in total. The maximum absolute atomic E-state index is 3.48. The van der Waals surface area contributed by atoms with Crippen LogP contribution in [0.1, 0.15) is 59.3 Å². The van der Waals surface area contributed by atoms with Gasteiger partial charge >= 0.3 is 0 Å². The van der Waals surface area contributed by atoms with Gasteiger partial charge in [0.25, 0.3) is 0 Å². The molecule has 0 radical (unpaired) electrons. The highest BCUT2D eigenvalue weighted by atomic mass is 15.2. The van der Waals surface area contributed by atoms with Gasteiger partial charge in [-0.1, -0.05) is 19.8 Å². The summed E-state index contributed by atoms with van der Waals surface area (Å²) in [5.74, 6) is 1.96. The van der Waals surface area contributed by atoms with Crippen molar-refractivity contribution in [3.05, 3.63) is 0 Å². The Balaban J connectivity index is 1.96. The molecule has 2 aliphatic carbocycles. The molecule has 0 aromatic rings. The van der Waals surface area contributed by atoms with Crippen molar-refractivity contribution in [2.75, 3.05) is 26.7 Å². The molecular weight excluding hydrogens is 232 g/mol. The van der Waals surface area contributed by atoms with Crippen molar-refractivity contribution >= 4 is 0 Å². The maximum atomic E-state index is 3.48. The van der Waals surface area contributed by atoms with Crippen molar-refractivity contribution in [2.24, 2.45) is 17.3 Å². The highest BCUT2D eigenvalue weighted by Crippen LogP contribution is 2.40. The summed E-state index contributed by atoms with van der Waals surface area (Å²) in [7, 11) is 2.13. The van der Waals surface area contributed by atoms with Gasteiger partial charge in [-0.05, 0) is 63.8 Å². The van der Waals surface area contributed by atoms with Gasteiger partial charge in [0, 0.05) is 25.7 Å². The lowest BCUT2D eigenvalue weighted by Crippen LogP contribution is -2.48. The number of nitrogens with zero attached hydrogens (tertiary/aromatic N) is 1. The Hall–Kier alpha value is -0.0800. The second-order valence-electron chi connectivity index (χ2n) is 7.68. The van der Waals surface area contributed by atoms with Crippen molar-refractivity contribution in [2.45, 2.75) is 65.3 Å². The van der Waals surface area contributed by atoms with E-state index in [1.807, 2.05) is 0 Å². The largest absolute Gasteiger partial charge is 0.319 e. The van der Waals surface area contributed by atoms with Gasteiger partial charge in [0.1, 0.15) is 0 Å². The molecule has 0 atom stereocenters. The standard InChI is InChI=1S/C17H34N2/c1-14(2)19(11-16-5-6-16)13-17(12-18-4)9-7-15(3)8-10-17/h14-16,18H,5-13H2,1-4H3. The summed E-state index contributed by atoms with van der Waals surface area (Å²) < 4.78 is 0. The molecular formula is C17H34N2. The van der Waals surface area contributed by atoms with Crippen LogP contribution in [0.15, 0.2) is 0 Å². The van der Waals surface area contributed by atoms with Crippen LogP contribution in [0.2, 0.25) is 0 Å². The average molecular weight is 266 g/mol. The summed E-state index contributed by atoms with van der Waals surface area (Å²) in [5, 5.41) is 3.48. The first-order chi connectivity index (χ1) is 9.04. The summed E-state index contributed by atoms with van der Waals surface area (Å²) >= 11 is 0. The predicted molar refractivity (Wildman–Crippen MR) is 83.4 cm³/mol. The fourth-order valence-electron chi connectivity index (χ4n) is 3.66. The highest BCUT2D eigenvalue weighted by molar-refractivity contribution is 4.91. The molecule has 0 aromatic heterocycles. The molecule has 2 heteroatoms. The number of rotatable bonds is 7. The zero-order valence-electron chi connectivity index (χ0n) is 13.5. The van der Waals surface area contributed by atoms with Crippen molar-refractivity contribution < 1.29 is 0 Å². The summed E-state index contributed by atoms with van der Waals surface area (Å²) in [6, 6.07) is 0.702. The summed E-state index contributed by atoms with van der Waals surface area (Å²) in [6.07, 6.45) is 8.64. The lowest BCUT2D eigenvalue weighted by molar-refractivity contribution is 0.0692. The number of hydrogen-bond donors (Lipinski definition) is 1. The first-order valence-electron chi connectivity index (χ1n) is 8.43. The third-order valence-electron chi connectivity index (χ3n) is 5.35. The van der Waals surface area contributed by atoms with Crippen molar-refractivity contribution in [1.82, 2.24) is 10.2 Å². The van der Waals surface area contributed by atoms with Crippen molar-refractivity contribution in [3.8, 4) is 0 Å². The maximum Gasteiger partial charge on any atom is 0.00530 e. The molecule has 2 fully saturated rings. The van der Waals surface area contributed by atoms with Gasteiger partial charge in [0.15, 0.2) is 0 Å². The molecule has 0 aliphatic heterocycles. The minimum atomic E-state index is 0.542. The number of hydrogen-bond acceptors (Lipinski definition) is 2. The van der Waals surface area contributed by atoms with Gasteiger partial charge in [-0.3, -0.25) is 0 Å². The van der Waals surface area contributed by atoms with Crippen LogP contribution in [-0.4, -0.2) is 37.6 Å². The van der Waals surface area contributed by atoms with E-state index in [1.54, 1.807) is 0 Å². The van der Waals surface area contributed by atoms with E-state index in [-0.39, 0.29) is 0 Å². The van der Waals surface area contributed by atoms with Gasteiger partial charge in [-0.2, -0.15) is 0 Å². The SMILES string of the molecule is CNCC1(CN(CC2CC2)C(C)C)CCC(C)CC1. The second kappa shape index (κ2) is 6.58. The Bertz CT molecular complexity index is 262. The van der Waals surface area contributed by atoms with Crippen LogP contribution in [-0.2, 0) is 0 Å². The monoisotopic (exact) mass is 266 g/mol. The van der Waals surface area contributed by atoms with E-state index in [9.17, 15) is 0 Å². The molecule has 2 rings (SSSR count).